The van der Waals surface area contributed by atoms with Gasteiger partial charge in [0.25, 0.3) is 0 Å². The van der Waals surface area contributed by atoms with E-state index in [0.29, 0.717) is 17.3 Å². The normalized spacial score (nSPS) is 11.7. The number of benzene rings is 1. The van der Waals surface area contributed by atoms with E-state index in [0.717, 1.165) is 5.56 Å². The van der Waals surface area contributed by atoms with Crippen molar-refractivity contribution in [1.82, 2.24) is 9.78 Å². The largest absolute Gasteiger partial charge is 0.264 e. The van der Waals surface area contributed by atoms with Crippen LogP contribution in [0.15, 0.2) is 35.4 Å². The van der Waals surface area contributed by atoms with Gasteiger partial charge in [0, 0.05) is 5.02 Å². The quantitative estimate of drug-likeness (QED) is 0.929. The maximum atomic E-state index is 11.3. The number of sulfonamides is 1. The Kier molecular flexibility index (Phi) is 3.43. The lowest BCUT2D eigenvalue weighted by molar-refractivity contribution is 0.596. The number of hydrogen-bond acceptors (Lipinski definition) is 3. The monoisotopic (exact) mass is 285 g/mol. The van der Waals surface area contributed by atoms with Gasteiger partial charge in [0.05, 0.1) is 18.4 Å². The fraction of sp³-hybridized carbons (Fsp3) is 0.182. The third-order valence-corrected chi connectivity index (χ3v) is 4.03. The van der Waals surface area contributed by atoms with E-state index in [1.807, 2.05) is 18.2 Å². The molecule has 0 spiro atoms. The lowest BCUT2D eigenvalue weighted by atomic mass is 10.2. The summed E-state index contributed by atoms with van der Waals surface area (Å²) in [7, 11) is -3.73. The van der Waals surface area contributed by atoms with Crippen LogP contribution in [0.4, 0.5) is 0 Å². The maximum absolute atomic E-state index is 11.3. The maximum Gasteiger partial charge on any atom is 0.241 e. The van der Waals surface area contributed by atoms with Gasteiger partial charge in [-0.05, 0) is 18.6 Å². The Morgan fingerprint density at radius 3 is 2.61 bits per heavy atom. The number of nitrogens with two attached hydrogens (primary N) is 1. The van der Waals surface area contributed by atoms with Gasteiger partial charge in [0.2, 0.25) is 10.0 Å². The second-order valence-electron chi connectivity index (χ2n) is 3.89. The van der Waals surface area contributed by atoms with Gasteiger partial charge >= 0.3 is 0 Å². The number of primary sulfonamides is 1. The molecule has 0 saturated heterocycles. The molecule has 96 valence electrons. The first-order valence-electron chi connectivity index (χ1n) is 5.18. The summed E-state index contributed by atoms with van der Waals surface area (Å²) in [5.41, 5.74) is 1.36. The summed E-state index contributed by atoms with van der Waals surface area (Å²) in [6, 6.07) is 7.33. The van der Waals surface area contributed by atoms with Crippen LogP contribution in [0.2, 0.25) is 5.02 Å². The van der Waals surface area contributed by atoms with Crippen molar-refractivity contribution in [2.45, 2.75) is 18.4 Å². The van der Waals surface area contributed by atoms with Gasteiger partial charge in [-0.15, -0.1) is 0 Å². The molecular weight excluding hydrogens is 274 g/mol. The molecule has 0 atom stereocenters. The van der Waals surface area contributed by atoms with Crippen LogP contribution >= 0.6 is 11.6 Å². The van der Waals surface area contributed by atoms with Crippen LogP contribution in [0, 0.1) is 6.92 Å². The molecule has 0 aliphatic heterocycles. The molecule has 18 heavy (non-hydrogen) atoms. The molecule has 0 unspecified atom stereocenters. The smallest absolute Gasteiger partial charge is 0.241 e. The predicted octanol–water partition coefficient (Wildman–Crippen LogP) is 1.54. The molecule has 0 amide bonds. The summed E-state index contributed by atoms with van der Waals surface area (Å²) in [6.45, 7) is 2.06. The second-order valence-corrected chi connectivity index (χ2v) is 5.83. The van der Waals surface area contributed by atoms with Crippen LogP contribution in [0.3, 0.4) is 0 Å². The zero-order valence-electron chi connectivity index (χ0n) is 9.67. The minimum Gasteiger partial charge on any atom is -0.264 e. The molecule has 5 nitrogen and oxygen atoms in total. The Balaban J connectivity index is 2.38. The summed E-state index contributed by atoms with van der Waals surface area (Å²) < 4.78 is 24.1. The van der Waals surface area contributed by atoms with E-state index >= 15 is 0 Å². The second kappa shape index (κ2) is 4.72. The van der Waals surface area contributed by atoms with Crippen LogP contribution in [0.1, 0.15) is 11.3 Å². The van der Waals surface area contributed by atoms with E-state index in [-0.39, 0.29) is 4.90 Å². The summed E-state index contributed by atoms with van der Waals surface area (Å²) >= 11 is 6.04. The molecule has 2 aromatic rings. The fourth-order valence-electron chi connectivity index (χ4n) is 1.66. The Hall–Kier alpha value is -1.37. The average Bonchev–Trinajstić information content (AvgIpc) is 2.63. The Morgan fingerprint density at radius 2 is 2.06 bits per heavy atom. The molecule has 2 rings (SSSR count). The first-order valence-corrected chi connectivity index (χ1v) is 7.10. The first-order chi connectivity index (χ1) is 8.39. The zero-order valence-corrected chi connectivity index (χ0v) is 11.2. The molecule has 0 aliphatic carbocycles. The van der Waals surface area contributed by atoms with Gasteiger partial charge in [0.15, 0.2) is 0 Å². The van der Waals surface area contributed by atoms with Crippen molar-refractivity contribution in [3.05, 3.63) is 46.7 Å². The van der Waals surface area contributed by atoms with Gasteiger partial charge in [-0.25, -0.2) is 13.6 Å². The highest BCUT2D eigenvalue weighted by Crippen LogP contribution is 2.18. The van der Waals surface area contributed by atoms with Gasteiger partial charge in [-0.3, -0.25) is 4.68 Å². The number of aromatic nitrogens is 2. The standard InChI is InChI=1S/C11H12ClN3O2S/c1-8-11(18(13,16)17)6-14-15(8)7-9-4-2-3-5-10(9)12/h2-6H,7H2,1H3,(H2,13,16,17). The highest BCUT2D eigenvalue weighted by atomic mass is 35.5. The Labute approximate surface area is 110 Å². The Morgan fingerprint density at radius 1 is 1.39 bits per heavy atom. The van der Waals surface area contributed by atoms with Crippen molar-refractivity contribution < 1.29 is 8.42 Å². The van der Waals surface area contributed by atoms with Crippen molar-refractivity contribution in [1.29, 1.82) is 0 Å². The molecule has 1 heterocycles. The van der Waals surface area contributed by atoms with Crippen molar-refractivity contribution >= 4 is 21.6 Å². The van der Waals surface area contributed by atoms with E-state index in [9.17, 15) is 8.42 Å². The SMILES string of the molecule is Cc1c(S(N)(=O)=O)cnn1Cc1ccccc1Cl. The molecular formula is C11H12ClN3O2S. The van der Waals surface area contributed by atoms with Gasteiger partial charge in [0.1, 0.15) is 4.90 Å². The minimum absolute atomic E-state index is 0.0366. The van der Waals surface area contributed by atoms with Crippen molar-refractivity contribution in [2.24, 2.45) is 5.14 Å². The number of halogens is 1. The van der Waals surface area contributed by atoms with Crippen molar-refractivity contribution in [3.63, 3.8) is 0 Å². The molecule has 0 saturated carbocycles. The van der Waals surface area contributed by atoms with Gasteiger partial charge in [-0.2, -0.15) is 5.10 Å². The topological polar surface area (TPSA) is 78.0 Å². The minimum atomic E-state index is -3.73. The lowest BCUT2D eigenvalue weighted by Gasteiger charge is -2.06. The summed E-state index contributed by atoms with van der Waals surface area (Å²) in [4.78, 5) is 0.0366. The first kappa shape index (κ1) is 13.1. The van der Waals surface area contributed by atoms with Gasteiger partial charge in [-0.1, -0.05) is 29.8 Å². The molecule has 0 fully saturated rings. The average molecular weight is 286 g/mol. The molecule has 0 radical (unpaired) electrons. The van der Waals surface area contributed by atoms with E-state index < -0.39 is 10.0 Å². The number of rotatable bonds is 3. The zero-order chi connectivity index (χ0) is 13.3. The van der Waals surface area contributed by atoms with Crippen LogP contribution < -0.4 is 5.14 Å². The Bertz CT molecular complexity index is 679. The number of nitrogens with zero attached hydrogens (tertiary/aromatic N) is 2. The molecule has 7 heteroatoms. The van der Waals surface area contributed by atoms with Crippen LogP contribution in [-0.2, 0) is 16.6 Å². The van der Waals surface area contributed by atoms with Crippen LogP contribution in [-0.4, -0.2) is 18.2 Å². The summed E-state index contributed by atoms with van der Waals surface area (Å²) in [5, 5.41) is 9.72. The molecule has 1 aromatic carbocycles. The highest BCUT2D eigenvalue weighted by molar-refractivity contribution is 7.89. The molecule has 0 bridgehead atoms. The van der Waals surface area contributed by atoms with Crippen molar-refractivity contribution in [3.8, 4) is 0 Å². The van der Waals surface area contributed by atoms with Crippen molar-refractivity contribution in [2.75, 3.05) is 0 Å². The van der Waals surface area contributed by atoms with Crippen LogP contribution in [0.25, 0.3) is 0 Å². The molecule has 0 aliphatic rings. The number of hydrogen-bond donors (Lipinski definition) is 1. The van der Waals surface area contributed by atoms with E-state index in [1.54, 1.807) is 17.7 Å². The van der Waals surface area contributed by atoms with E-state index in [1.165, 1.54) is 6.20 Å². The predicted molar refractivity (Wildman–Crippen MR) is 68.9 cm³/mol. The third kappa shape index (κ3) is 2.55. The van der Waals surface area contributed by atoms with Gasteiger partial charge < -0.3 is 0 Å². The third-order valence-electron chi connectivity index (χ3n) is 2.64. The molecule has 1 aromatic heterocycles. The molecule has 2 N–H and O–H groups in total. The summed E-state index contributed by atoms with van der Waals surface area (Å²) in [6.07, 6.45) is 1.25. The lowest BCUT2D eigenvalue weighted by Crippen LogP contribution is -2.13. The highest BCUT2D eigenvalue weighted by Gasteiger charge is 2.16. The van der Waals surface area contributed by atoms with E-state index in [4.69, 9.17) is 16.7 Å². The summed E-state index contributed by atoms with van der Waals surface area (Å²) in [5.74, 6) is 0. The van der Waals surface area contributed by atoms with Crippen LogP contribution in [0.5, 0.6) is 0 Å². The van der Waals surface area contributed by atoms with E-state index in [2.05, 4.69) is 5.10 Å². The fourth-order valence-corrected chi connectivity index (χ4v) is 2.56.